The van der Waals surface area contributed by atoms with Crippen LogP contribution in [0.15, 0.2) is 18.2 Å². The fraction of sp³-hybridized carbons (Fsp3) is 0.500. The third kappa shape index (κ3) is 3.07. The van der Waals surface area contributed by atoms with Crippen molar-refractivity contribution >= 4 is 17.5 Å². The van der Waals surface area contributed by atoms with Crippen molar-refractivity contribution in [3.05, 3.63) is 34.6 Å². The second kappa shape index (κ2) is 5.88. The fourth-order valence-electron chi connectivity index (χ4n) is 2.30. The number of hydrogen-bond donors (Lipinski definition) is 0. The lowest BCUT2D eigenvalue weighted by Gasteiger charge is -2.37. The molecule has 0 aliphatic carbocycles. The first-order valence-electron chi connectivity index (χ1n) is 6.48. The molecule has 3 nitrogen and oxygen atoms in total. The molecule has 1 heterocycles. The molecule has 5 heteroatoms. The van der Waals surface area contributed by atoms with E-state index in [9.17, 15) is 9.18 Å². The minimum atomic E-state index is -0.552. The zero-order chi connectivity index (χ0) is 14.0. The molecule has 1 saturated heterocycles. The average molecular weight is 285 g/mol. The van der Waals surface area contributed by atoms with Crippen LogP contribution in [0.2, 0.25) is 5.02 Å². The Kier molecular flexibility index (Phi) is 4.42. The van der Waals surface area contributed by atoms with E-state index in [2.05, 4.69) is 18.7 Å². The number of amides is 1. The third-order valence-electron chi connectivity index (χ3n) is 3.51. The van der Waals surface area contributed by atoms with E-state index in [0.29, 0.717) is 19.1 Å². The van der Waals surface area contributed by atoms with Crippen molar-refractivity contribution in [1.82, 2.24) is 9.80 Å². The molecule has 2 rings (SSSR count). The van der Waals surface area contributed by atoms with Gasteiger partial charge in [0.15, 0.2) is 0 Å². The Bertz CT molecular complexity index is 450. The van der Waals surface area contributed by atoms with Crippen molar-refractivity contribution in [3.63, 3.8) is 0 Å². The zero-order valence-corrected chi connectivity index (χ0v) is 12.0. The van der Waals surface area contributed by atoms with Crippen LogP contribution in [0.4, 0.5) is 4.39 Å². The maximum absolute atomic E-state index is 13.7. The Labute approximate surface area is 117 Å². The monoisotopic (exact) mass is 284 g/mol. The normalized spacial score (nSPS) is 17.0. The number of carbonyl (C=O) groups excluding carboxylic acids is 1. The molecule has 1 aliphatic heterocycles. The second-order valence-electron chi connectivity index (χ2n) is 5.02. The molecule has 19 heavy (non-hydrogen) atoms. The van der Waals surface area contributed by atoms with Gasteiger partial charge in [-0.15, -0.1) is 0 Å². The van der Waals surface area contributed by atoms with Gasteiger partial charge in [-0.25, -0.2) is 4.39 Å². The van der Waals surface area contributed by atoms with Crippen molar-refractivity contribution in [2.24, 2.45) is 0 Å². The summed E-state index contributed by atoms with van der Waals surface area (Å²) in [4.78, 5) is 16.3. The molecule has 1 aromatic rings. The van der Waals surface area contributed by atoms with Crippen molar-refractivity contribution in [2.75, 3.05) is 26.2 Å². The Balaban J connectivity index is 2.10. The molecule has 0 saturated carbocycles. The van der Waals surface area contributed by atoms with Crippen LogP contribution in [-0.2, 0) is 0 Å². The second-order valence-corrected chi connectivity index (χ2v) is 5.43. The lowest BCUT2D eigenvalue weighted by molar-refractivity contribution is 0.0591. The number of benzene rings is 1. The van der Waals surface area contributed by atoms with Crippen LogP contribution in [-0.4, -0.2) is 47.9 Å². The molecule has 104 valence electrons. The highest BCUT2D eigenvalue weighted by Gasteiger charge is 2.26. The minimum absolute atomic E-state index is 0.0119. The van der Waals surface area contributed by atoms with Gasteiger partial charge in [-0.1, -0.05) is 17.7 Å². The minimum Gasteiger partial charge on any atom is -0.336 e. The van der Waals surface area contributed by atoms with Crippen LogP contribution < -0.4 is 0 Å². The summed E-state index contributed by atoms with van der Waals surface area (Å²) in [6.45, 7) is 7.12. The summed E-state index contributed by atoms with van der Waals surface area (Å²) >= 11 is 5.92. The first kappa shape index (κ1) is 14.3. The van der Waals surface area contributed by atoms with E-state index in [1.807, 2.05) is 0 Å². The van der Waals surface area contributed by atoms with Crippen molar-refractivity contribution in [3.8, 4) is 0 Å². The molecule has 0 bridgehead atoms. The molecule has 1 aliphatic rings. The van der Waals surface area contributed by atoms with Gasteiger partial charge >= 0.3 is 0 Å². The maximum Gasteiger partial charge on any atom is 0.258 e. The van der Waals surface area contributed by atoms with Crippen LogP contribution in [0.3, 0.4) is 0 Å². The van der Waals surface area contributed by atoms with E-state index >= 15 is 0 Å². The van der Waals surface area contributed by atoms with E-state index in [4.69, 9.17) is 11.6 Å². The highest BCUT2D eigenvalue weighted by molar-refractivity contribution is 6.33. The SMILES string of the molecule is CC(C)N1CCN(C(=O)c2c(F)cccc2Cl)CC1. The molecule has 0 spiro atoms. The molecule has 0 unspecified atom stereocenters. The highest BCUT2D eigenvalue weighted by Crippen LogP contribution is 2.21. The average Bonchev–Trinajstić information content (AvgIpc) is 2.38. The molecule has 0 radical (unpaired) electrons. The molecule has 0 aromatic heterocycles. The van der Waals surface area contributed by atoms with Crippen LogP contribution in [0, 0.1) is 5.82 Å². The van der Waals surface area contributed by atoms with E-state index in [-0.39, 0.29) is 16.5 Å². The van der Waals surface area contributed by atoms with Crippen molar-refractivity contribution < 1.29 is 9.18 Å². The first-order valence-corrected chi connectivity index (χ1v) is 6.86. The lowest BCUT2D eigenvalue weighted by Crippen LogP contribution is -2.50. The zero-order valence-electron chi connectivity index (χ0n) is 11.2. The number of piperazine rings is 1. The van der Waals surface area contributed by atoms with Gasteiger partial charge in [-0.05, 0) is 26.0 Å². The van der Waals surface area contributed by atoms with Gasteiger partial charge in [-0.2, -0.15) is 0 Å². The summed E-state index contributed by atoms with van der Waals surface area (Å²) in [5, 5.41) is 0.177. The number of rotatable bonds is 2. The number of hydrogen-bond acceptors (Lipinski definition) is 2. The van der Waals surface area contributed by atoms with Gasteiger partial charge in [0.2, 0.25) is 0 Å². The van der Waals surface area contributed by atoms with Crippen LogP contribution >= 0.6 is 11.6 Å². The predicted molar refractivity (Wildman–Crippen MR) is 74.0 cm³/mol. The summed E-state index contributed by atoms with van der Waals surface area (Å²) in [5.41, 5.74) is -0.0119. The van der Waals surface area contributed by atoms with E-state index < -0.39 is 5.82 Å². The fourth-order valence-corrected chi connectivity index (χ4v) is 2.55. The molecule has 1 aromatic carbocycles. The highest BCUT2D eigenvalue weighted by atomic mass is 35.5. The number of carbonyl (C=O) groups is 1. The van der Waals surface area contributed by atoms with E-state index in [1.165, 1.54) is 12.1 Å². The van der Waals surface area contributed by atoms with Gasteiger partial charge < -0.3 is 4.90 Å². The number of halogens is 2. The summed E-state index contributed by atoms with van der Waals surface area (Å²) < 4.78 is 13.7. The van der Waals surface area contributed by atoms with Crippen LogP contribution in [0.25, 0.3) is 0 Å². The topological polar surface area (TPSA) is 23.6 Å². The third-order valence-corrected chi connectivity index (χ3v) is 3.82. The number of nitrogens with zero attached hydrogens (tertiary/aromatic N) is 2. The Morgan fingerprint density at radius 3 is 2.42 bits per heavy atom. The van der Waals surface area contributed by atoms with Gasteiger partial charge in [0.25, 0.3) is 5.91 Å². The quantitative estimate of drug-likeness (QED) is 0.833. The molecule has 1 amide bonds. The van der Waals surface area contributed by atoms with Gasteiger partial charge in [0.05, 0.1) is 10.6 Å². The van der Waals surface area contributed by atoms with Crippen LogP contribution in [0.1, 0.15) is 24.2 Å². The predicted octanol–water partition coefficient (Wildman–Crippen LogP) is 2.65. The summed E-state index contributed by atoms with van der Waals surface area (Å²) in [5.74, 6) is -0.865. The standard InChI is InChI=1S/C14H18ClFN2O/c1-10(2)17-6-8-18(9-7-17)14(19)13-11(15)4-3-5-12(13)16/h3-5,10H,6-9H2,1-2H3. The molecule has 0 atom stereocenters. The van der Waals surface area contributed by atoms with Crippen molar-refractivity contribution in [2.45, 2.75) is 19.9 Å². The summed E-state index contributed by atoms with van der Waals surface area (Å²) in [6.07, 6.45) is 0. The Morgan fingerprint density at radius 2 is 1.89 bits per heavy atom. The van der Waals surface area contributed by atoms with E-state index in [0.717, 1.165) is 13.1 Å². The smallest absolute Gasteiger partial charge is 0.258 e. The summed E-state index contributed by atoms with van der Waals surface area (Å²) in [6, 6.07) is 4.78. The van der Waals surface area contributed by atoms with E-state index in [1.54, 1.807) is 11.0 Å². The maximum atomic E-state index is 13.7. The lowest BCUT2D eigenvalue weighted by atomic mass is 10.1. The van der Waals surface area contributed by atoms with Gasteiger partial charge in [-0.3, -0.25) is 9.69 Å². The van der Waals surface area contributed by atoms with Gasteiger partial charge in [0, 0.05) is 32.2 Å². The Morgan fingerprint density at radius 1 is 1.26 bits per heavy atom. The molecular weight excluding hydrogens is 267 g/mol. The summed E-state index contributed by atoms with van der Waals surface area (Å²) in [7, 11) is 0. The first-order chi connectivity index (χ1) is 9.00. The van der Waals surface area contributed by atoms with Crippen LogP contribution in [0.5, 0.6) is 0 Å². The molecular formula is C14H18ClFN2O. The van der Waals surface area contributed by atoms with Crippen molar-refractivity contribution in [1.29, 1.82) is 0 Å². The molecule has 0 N–H and O–H groups in total. The Hall–Kier alpha value is -1.13. The van der Waals surface area contributed by atoms with Gasteiger partial charge in [0.1, 0.15) is 5.82 Å². The molecule has 1 fully saturated rings. The largest absolute Gasteiger partial charge is 0.336 e.